The fraction of sp³-hybridized carbons (Fsp3) is 0.174. The summed E-state index contributed by atoms with van der Waals surface area (Å²) in [5.41, 5.74) is 3.71. The van der Waals surface area contributed by atoms with E-state index in [1.807, 2.05) is 55.5 Å². The molecule has 0 aliphatic heterocycles. The number of pyridine rings is 1. The van der Waals surface area contributed by atoms with E-state index in [1.165, 1.54) is 11.8 Å². The topological polar surface area (TPSA) is 63.0 Å². The van der Waals surface area contributed by atoms with Crippen molar-refractivity contribution in [1.29, 1.82) is 5.26 Å². The maximum absolute atomic E-state index is 12.0. The van der Waals surface area contributed by atoms with Gasteiger partial charge in [-0.25, -0.2) is 4.98 Å². The fourth-order valence-electron chi connectivity index (χ4n) is 2.73. The predicted molar refractivity (Wildman–Crippen MR) is 117 cm³/mol. The third-order valence-electron chi connectivity index (χ3n) is 4.12. The number of nitriles is 1. The van der Waals surface area contributed by atoms with Crippen molar-refractivity contribution in [2.75, 3.05) is 12.4 Å². The molecule has 0 spiro atoms. The van der Waals surface area contributed by atoms with E-state index >= 15 is 0 Å². The molecule has 3 rings (SSSR count). The van der Waals surface area contributed by atoms with Gasteiger partial charge < -0.3 is 4.74 Å². The number of esters is 1. The molecule has 0 radical (unpaired) electrons. The fourth-order valence-corrected chi connectivity index (χ4v) is 3.66. The Hall–Kier alpha value is -2.81. The third-order valence-corrected chi connectivity index (χ3v) is 5.32. The Balaban J connectivity index is 2.05. The summed E-state index contributed by atoms with van der Waals surface area (Å²) in [5.74, 6) is -0.222. The molecule has 0 saturated heterocycles. The number of rotatable bonds is 7. The number of nitrogens with zero attached hydrogens (tertiary/aromatic N) is 2. The van der Waals surface area contributed by atoms with Gasteiger partial charge >= 0.3 is 5.97 Å². The van der Waals surface area contributed by atoms with Crippen LogP contribution in [0.4, 0.5) is 0 Å². The summed E-state index contributed by atoms with van der Waals surface area (Å²) < 4.78 is 5.14. The Labute approximate surface area is 179 Å². The van der Waals surface area contributed by atoms with Crippen LogP contribution in [0.3, 0.4) is 0 Å². The van der Waals surface area contributed by atoms with Crippen LogP contribution in [0.1, 0.15) is 18.9 Å². The number of benzene rings is 2. The van der Waals surface area contributed by atoms with Gasteiger partial charge in [0, 0.05) is 16.1 Å². The zero-order chi connectivity index (χ0) is 20.6. The van der Waals surface area contributed by atoms with Crippen molar-refractivity contribution >= 4 is 29.3 Å². The lowest BCUT2D eigenvalue weighted by atomic mass is 9.99. The molecule has 146 valence electrons. The van der Waals surface area contributed by atoms with Crippen LogP contribution in [0, 0.1) is 11.3 Å². The first-order valence-electron chi connectivity index (χ1n) is 9.17. The van der Waals surface area contributed by atoms with E-state index in [0.717, 1.165) is 28.8 Å². The van der Waals surface area contributed by atoms with Crippen molar-refractivity contribution in [2.45, 2.75) is 18.4 Å². The Morgan fingerprint density at radius 1 is 1.14 bits per heavy atom. The van der Waals surface area contributed by atoms with Crippen LogP contribution >= 0.6 is 23.4 Å². The molecule has 1 aromatic heterocycles. The quantitative estimate of drug-likeness (QED) is 0.346. The average Bonchev–Trinajstić information content (AvgIpc) is 2.76. The summed E-state index contributed by atoms with van der Waals surface area (Å²) >= 11 is 7.24. The second-order valence-electron chi connectivity index (χ2n) is 6.23. The number of thioether (sulfide) groups is 1. The summed E-state index contributed by atoms with van der Waals surface area (Å²) in [5, 5.41) is 11.0. The predicted octanol–water partition coefficient (Wildman–Crippen LogP) is 5.99. The lowest BCUT2D eigenvalue weighted by Gasteiger charge is -2.12. The maximum Gasteiger partial charge on any atom is 0.316 e. The van der Waals surface area contributed by atoms with Gasteiger partial charge in [0.15, 0.2) is 0 Å². The SMILES string of the molecule is CCCOC(=O)CSc1nc(-c2ccccc2)cc(-c2ccc(Cl)cc2)c1C#N. The largest absolute Gasteiger partial charge is 0.465 e. The minimum absolute atomic E-state index is 0.0972. The molecule has 4 nitrogen and oxygen atoms in total. The van der Waals surface area contributed by atoms with Crippen LogP contribution in [-0.2, 0) is 9.53 Å². The molecule has 6 heteroatoms. The van der Waals surface area contributed by atoms with Gasteiger partial charge in [0.1, 0.15) is 11.1 Å². The van der Waals surface area contributed by atoms with Crippen molar-refractivity contribution < 1.29 is 9.53 Å². The molecular weight excluding hydrogens is 404 g/mol. The van der Waals surface area contributed by atoms with E-state index in [9.17, 15) is 10.1 Å². The minimum Gasteiger partial charge on any atom is -0.465 e. The second kappa shape index (κ2) is 10.1. The Kier molecular flexibility index (Phi) is 7.29. The van der Waals surface area contributed by atoms with Crippen molar-refractivity contribution in [2.24, 2.45) is 0 Å². The van der Waals surface area contributed by atoms with Gasteiger partial charge in [-0.15, -0.1) is 0 Å². The first-order valence-corrected chi connectivity index (χ1v) is 10.5. The maximum atomic E-state index is 12.0. The first-order chi connectivity index (χ1) is 14.1. The Bertz CT molecular complexity index is 1030. The highest BCUT2D eigenvalue weighted by Gasteiger charge is 2.17. The molecule has 0 aliphatic carbocycles. The Morgan fingerprint density at radius 2 is 1.86 bits per heavy atom. The van der Waals surface area contributed by atoms with E-state index in [0.29, 0.717) is 22.2 Å². The number of hydrogen-bond donors (Lipinski definition) is 0. The van der Waals surface area contributed by atoms with Crippen LogP contribution in [0.2, 0.25) is 5.02 Å². The summed E-state index contributed by atoms with van der Waals surface area (Å²) in [6.45, 7) is 2.33. The third kappa shape index (κ3) is 5.38. The molecule has 2 aromatic carbocycles. The second-order valence-corrected chi connectivity index (χ2v) is 7.63. The number of halogens is 1. The van der Waals surface area contributed by atoms with E-state index in [2.05, 4.69) is 11.1 Å². The molecule has 0 atom stereocenters. The van der Waals surface area contributed by atoms with Crippen molar-refractivity contribution in [3.8, 4) is 28.5 Å². The van der Waals surface area contributed by atoms with Crippen molar-refractivity contribution in [1.82, 2.24) is 4.98 Å². The average molecular weight is 423 g/mol. The highest BCUT2D eigenvalue weighted by atomic mass is 35.5. The first kappa shape index (κ1) is 20.9. The van der Waals surface area contributed by atoms with Gasteiger partial charge in [-0.2, -0.15) is 5.26 Å². The molecule has 0 aliphatic rings. The zero-order valence-electron chi connectivity index (χ0n) is 15.9. The highest BCUT2D eigenvalue weighted by Crippen LogP contribution is 2.34. The highest BCUT2D eigenvalue weighted by molar-refractivity contribution is 7.99. The van der Waals surface area contributed by atoms with E-state index in [1.54, 1.807) is 12.1 Å². The number of aromatic nitrogens is 1. The van der Waals surface area contributed by atoms with E-state index < -0.39 is 0 Å². The minimum atomic E-state index is -0.319. The number of carbonyl (C=O) groups excluding carboxylic acids is 1. The van der Waals surface area contributed by atoms with Crippen LogP contribution in [-0.4, -0.2) is 23.3 Å². The van der Waals surface area contributed by atoms with Crippen molar-refractivity contribution in [3.63, 3.8) is 0 Å². The van der Waals surface area contributed by atoms with Crippen LogP contribution < -0.4 is 0 Å². The molecule has 1 heterocycles. The van der Waals surface area contributed by atoms with Crippen LogP contribution in [0.25, 0.3) is 22.4 Å². The molecule has 0 saturated carbocycles. The summed E-state index contributed by atoms with van der Waals surface area (Å²) in [7, 11) is 0. The molecule has 0 fully saturated rings. The lowest BCUT2D eigenvalue weighted by molar-refractivity contribution is -0.140. The van der Waals surface area contributed by atoms with Gasteiger partial charge in [0.2, 0.25) is 0 Å². The van der Waals surface area contributed by atoms with E-state index in [-0.39, 0.29) is 11.7 Å². The van der Waals surface area contributed by atoms with Crippen LogP contribution in [0.15, 0.2) is 65.7 Å². The molecule has 0 bridgehead atoms. The molecule has 0 amide bonds. The summed E-state index contributed by atoms with van der Waals surface area (Å²) in [6, 6.07) is 21.2. The molecule has 0 unspecified atom stereocenters. The summed E-state index contributed by atoms with van der Waals surface area (Å²) in [4.78, 5) is 16.6. The number of carbonyl (C=O) groups is 1. The number of hydrogen-bond acceptors (Lipinski definition) is 5. The summed E-state index contributed by atoms with van der Waals surface area (Å²) in [6.07, 6.45) is 0.766. The Morgan fingerprint density at radius 3 is 2.52 bits per heavy atom. The van der Waals surface area contributed by atoms with E-state index in [4.69, 9.17) is 16.3 Å². The molecule has 3 aromatic rings. The van der Waals surface area contributed by atoms with Gasteiger partial charge in [-0.1, -0.05) is 72.8 Å². The van der Waals surface area contributed by atoms with Crippen LogP contribution in [0.5, 0.6) is 0 Å². The number of ether oxygens (including phenoxy) is 1. The lowest BCUT2D eigenvalue weighted by Crippen LogP contribution is -2.08. The molecule has 29 heavy (non-hydrogen) atoms. The standard InChI is InChI=1S/C23H19ClN2O2S/c1-2-12-28-22(27)15-29-23-20(14-25)19(16-8-10-18(24)11-9-16)13-21(26-23)17-6-4-3-5-7-17/h3-11,13H,2,12,15H2,1H3. The molecular formula is C23H19ClN2O2S. The molecule has 0 N–H and O–H groups in total. The van der Waals surface area contributed by atoms with Gasteiger partial charge in [0.05, 0.1) is 23.6 Å². The van der Waals surface area contributed by atoms with Gasteiger partial charge in [-0.05, 0) is 30.2 Å². The zero-order valence-corrected chi connectivity index (χ0v) is 17.5. The normalized spacial score (nSPS) is 10.4. The monoisotopic (exact) mass is 422 g/mol. The smallest absolute Gasteiger partial charge is 0.316 e. The van der Waals surface area contributed by atoms with Crippen molar-refractivity contribution in [3.05, 3.63) is 71.2 Å². The van der Waals surface area contributed by atoms with Gasteiger partial charge in [0.25, 0.3) is 0 Å². The van der Waals surface area contributed by atoms with Gasteiger partial charge in [-0.3, -0.25) is 4.79 Å².